The molecular weight excluding hydrogens is 529 g/mol. The van der Waals surface area contributed by atoms with E-state index in [1.165, 1.54) is 4.90 Å². The minimum Gasteiger partial charge on any atom is -0.356 e. The smallest absolute Gasteiger partial charge is 0.356 e. The number of hydrogen-bond donors (Lipinski definition) is 3. The molecule has 0 spiro atoms. The van der Waals surface area contributed by atoms with Gasteiger partial charge in [0, 0.05) is 25.0 Å². The van der Waals surface area contributed by atoms with Crippen molar-refractivity contribution >= 4 is 23.6 Å². The van der Waals surface area contributed by atoms with Crippen LogP contribution in [0.4, 0.5) is 13.2 Å². The standard InChI is InChI=1S/C27H39F3N6O4/c1-26(2)18-13-36(21(19(18)26)23(38)33-16(12-31)10-15-8-9-32-22(15)37)24(39)20(34-25(40)27(28,29)30)14-6-5-7-17(11-14)35(3)4/h14-21H,5-11,13H2,1-4H3,(H,32,37)(H,33,38)(H,34,40)/t14?,15?,16-,17?,18-,19-,20?,21-/m0/s1. The van der Waals surface area contributed by atoms with Gasteiger partial charge in [-0.15, -0.1) is 0 Å². The van der Waals surface area contributed by atoms with Crippen LogP contribution in [0, 0.1) is 40.4 Å². The number of nitriles is 1. The number of alkyl halides is 3. The van der Waals surface area contributed by atoms with Crippen molar-refractivity contribution in [1.82, 2.24) is 25.8 Å². The molecule has 2 aliphatic carbocycles. The number of rotatable bonds is 8. The predicted octanol–water partition coefficient (Wildman–Crippen LogP) is 1.17. The van der Waals surface area contributed by atoms with Crippen LogP contribution in [-0.2, 0) is 19.2 Å². The Balaban J connectivity index is 1.56. The van der Waals surface area contributed by atoms with E-state index in [9.17, 15) is 37.6 Å². The van der Waals surface area contributed by atoms with Crippen molar-refractivity contribution in [3.8, 4) is 6.07 Å². The third kappa shape index (κ3) is 5.92. The van der Waals surface area contributed by atoms with Crippen molar-refractivity contribution < 1.29 is 32.3 Å². The lowest BCUT2D eigenvalue weighted by Crippen LogP contribution is -2.60. The van der Waals surface area contributed by atoms with Crippen LogP contribution < -0.4 is 16.0 Å². The lowest BCUT2D eigenvalue weighted by atomic mass is 9.80. The maximum absolute atomic E-state index is 14.0. The minimum absolute atomic E-state index is 0.0341. The Kier molecular flexibility index (Phi) is 8.41. The van der Waals surface area contributed by atoms with E-state index < -0.39 is 53.9 Å². The molecule has 4 rings (SSSR count). The first-order valence-electron chi connectivity index (χ1n) is 14.0. The third-order valence-corrected chi connectivity index (χ3v) is 9.61. The van der Waals surface area contributed by atoms with Gasteiger partial charge < -0.3 is 25.8 Å². The molecule has 10 nitrogen and oxygen atoms in total. The van der Waals surface area contributed by atoms with Gasteiger partial charge in [0.15, 0.2) is 0 Å². The fraction of sp³-hybridized carbons (Fsp3) is 0.815. The summed E-state index contributed by atoms with van der Waals surface area (Å²) < 4.78 is 39.9. The zero-order valence-corrected chi connectivity index (χ0v) is 23.4. The van der Waals surface area contributed by atoms with Crippen molar-refractivity contribution in [3.63, 3.8) is 0 Å². The van der Waals surface area contributed by atoms with Crippen LogP contribution in [0.5, 0.6) is 0 Å². The molecule has 2 saturated heterocycles. The summed E-state index contributed by atoms with van der Waals surface area (Å²) in [7, 11) is 3.74. The Hall–Kier alpha value is -2.88. The summed E-state index contributed by atoms with van der Waals surface area (Å²) in [6.07, 6.45) is -2.04. The van der Waals surface area contributed by atoms with E-state index >= 15 is 0 Å². The lowest BCUT2D eigenvalue weighted by Gasteiger charge is -2.40. The number of carbonyl (C=O) groups is 4. The average Bonchev–Trinajstić information content (AvgIpc) is 3.23. The summed E-state index contributed by atoms with van der Waals surface area (Å²) in [5, 5.41) is 17.1. The van der Waals surface area contributed by atoms with E-state index in [1.54, 1.807) is 0 Å². The first-order chi connectivity index (χ1) is 18.7. The zero-order chi connectivity index (χ0) is 29.6. The molecule has 0 radical (unpaired) electrons. The van der Waals surface area contributed by atoms with Gasteiger partial charge in [0.2, 0.25) is 17.7 Å². The van der Waals surface area contributed by atoms with Gasteiger partial charge in [-0.05, 0) is 69.4 Å². The number of halogens is 3. The molecule has 2 aliphatic heterocycles. The van der Waals surface area contributed by atoms with Crippen LogP contribution >= 0.6 is 0 Å². The molecule has 0 aromatic heterocycles. The highest BCUT2D eigenvalue weighted by Gasteiger charge is 2.69. The molecule has 2 heterocycles. The third-order valence-electron chi connectivity index (χ3n) is 9.61. The molecule has 4 fully saturated rings. The second kappa shape index (κ2) is 11.2. The molecule has 3 N–H and O–H groups in total. The maximum Gasteiger partial charge on any atom is 0.471 e. The van der Waals surface area contributed by atoms with E-state index in [1.807, 2.05) is 44.2 Å². The summed E-state index contributed by atoms with van der Waals surface area (Å²) in [4.78, 5) is 54.9. The summed E-state index contributed by atoms with van der Waals surface area (Å²) in [5.41, 5.74) is -0.266. The average molecular weight is 569 g/mol. The monoisotopic (exact) mass is 568 g/mol. The molecule has 8 atom stereocenters. The van der Waals surface area contributed by atoms with Crippen LogP contribution in [-0.4, -0.2) is 91.0 Å². The molecule has 222 valence electrons. The van der Waals surface area contributed by atoms with E-state index in [0.29, 0.717) is 32.2 Å². The highest BCUT2D eigenvalue weighted by Crippen LogP contribution is 2.65. The van der Waals surface area contributed by atoms with Gasteiger partial charge in [-0.25, -0.2) is 0 Å². The van der Waals surface area contributed by atoms with Gasteiger partial charge in [0.05, 0.1) is 6.07 Å². The van der Waals surface area contributed by atoms with Crippen LogP contribution in [0.25, 0.3) is 0 Å². The van der Waals surface area contributed by atoms with Gasteiger partial charge in [0.1, 0.15) is 18.1 Å². The van der Waals surface area contributed by atoms with E-state index in [4.69, 9.17) is 0 Å². The Bertz CT molecular complexity index is 1070. The van der Waals surface area contributed by atoms with E-state index in [2.05, 4.69) is 10.6 Å². The van der Waals surface area contributed by atoms with Gasteiger partial charge in [-0.2, -0.15) is 18.4 Å². The number of hydrogen-bond acceptors (Lipinski definition) is 6. The number of carbonyl (C=O) groups excluding carboxylic acids is 4. The first-order valence-corrected chi connectivity index (χ1v) is 14.0. The van der Waals surface area contributed by atoms with Gasteiger partial charge in [0.25, 0.3) is 0 Å². The topological polar surface area (TPSA) is 135 Å². The number of nitrogens with one attached hydrogen (secondary N) is 3. The highest BCUT2D eigenvalue weighted by molar-refractivity contribution is 5.94. The molecule has 0 bridgehead atoms. The van der Waals surface area contributed by atoms with E-state index in [0.717, 1.165) is 6.42 Å². The number of nitrogens with zero attached hydrogens (tertiary/aromatic N) is 3. The molecule has 2 saturated carbocycles. The number of piperidine rings is 1. The number of fused-ring (bicyclic) bond motifs is 1. The van der Waals surface area contributed by atoms with Crippen LogP contribution in [0.3, 0.4) is 0 Å². The molecule has 4 amide bonds. The molecular formula is C27H39F3N6O4. The molecule has 0 aromatic carbocycles. The van der Waals surface area contributed by atoms with Crippen molar-refractivity contribution in [2.24, 2.45) is 29.1 Å². The second-order valence-electron chi connectivity index (χ2n) is 12.6. The molecule has 4 aliphatic rings. The quantitative estimate of drug-likeness (QED) is 0.403. The molecule has 0 aromatic rings. The highest BCUT2D eigenvalue weighted by atomic mass is 19.4. The van der Waals surface area contributed by atoms with E-state index in [-0.39, 0.29) is 42.2 Å². The lowest BCUT2D eigenvalue weighted by molar-refractivity contribution is -0.176. The van der Waals surface area contributed by atoms with Crippen LogP contribution in [0.15, 0.2) is 0 Å². The normalized spacial score (nSPS) is 32.5. The molecule has 40 heavy (non-hydrogen) atoms. The Morgan fingerprint density at radius 2 is 1.90 bits per heavy atom. The van der Waals surface area contributed by atoms with Crippen molar-refractivity contribution in [2.45, 2.75) is 82.7 Å². The molecule has 13 heteroatoms. The zero-order valence-electron chi connectivity index (χ0n) is 23.4. The summed E-state index contributed by atoms with van der Waals surface area (Å²) >= 11 is 0. The van der Waals surface area contributed by atoms with Gasteiger partial charge in [-0.3, -0.25) is 19.2 Å². The SMILES string of the molecule is CN(C)C1CCCC(C(NC(=O)C(F)(F)F)C(=O)N2C[C@H]3[C@@H]([C@H]2C(=O)N[C@H](C#N)CC2CCNC2=O)C3(C)C)C1. The summed E-state index contributed by atoms with van der Waals surface area (Å²) in [5.74, 6) is -4.82. The minimum atomic E-state index is -5.16. The Morgan fingerprint density at radius 3 is 2.48 bits per heavy atom. The summed E-state index contributed by atoms with van der Waals surface area (Å²) in [6, 6.07) is -1.30. The second-order valence-corrected chi connectivity index (χ2v) is 12.6. The fourth-order valence-corrected chi connectivity index (χ4v) is 7.12. The van der Waals surface area contributed by atoms with Crippen molar-refractivity contribution in [1.29, 1.82) is 5.26 Å². The first kappa shape index (κ1) is 30.1. The van der Waals surface area contributed by atoms with Gasteiger partial charge in [-0.1, -0.05) is 20.3 Å². The predicted molar refractivity (Wildman–Crippen MR) is 137 cm³/mol. The van der Waals surface area contributed by atoms with Crippen molar-refractivity contribution in [2.75, 3.05) is 27.2 Å². The van der Waals surface area contributed by atoms with Crippen LogP contribution in [0.1, 0.15) is 52.4 Å². The largest absolute Gasteiger partial charge is 0.471 e. The van der Waals surface area contributed by atoms with Crippen LogP contribution in [0.2, 0.25) is 0 Å². The number of amides is 4. The fourth-order valence-electron chi connectivity index (χ4n) is 7.12. The Labute approximate surface area is 232 Å². The maximum atomic E-state index is 14.0. The van der Waals surface area contributed by atoms with Crippen molar-refractivity contribution in [3.05, 3.63) is 0 Å². The Morgan fingerprint density at radius 1 is 1.20 bits per heavy atom. The number of likely N-dealkylation sites (tertiary alicyclic amines) is 1. The molecule has 4 unspecified atom stereocenters. The summed E-state index contributed by atoms with van der Waals surface area (Å²) in [6.45, 7) is 4.62. The van der Waals surface area contributed by atoms with Gasteiger partial charge >= 0.3 is 12.1 Å².